The maximum absolute atomic E-state index is 13.1. The number of amides is 1. The van der Waals surface area contributed by atoms with Gasteiger partial charge in [-0.3, -0.25) is 4.79 Å². The number of carbonyl (C=O) groups excluding carboxylic acids is 1. The standard InChI is InChI=1S/C21H21Cl2FN4O2S/c1-12(2)28-20(13(3)30-15-9-7-14(24)8-10-15)26-27-21(28)31-11-18(29)25-17-6-4-5-16(22)19(17)23/h4-10,12-13H,11H2,1-3H3,(H,25,29). The van der Waals surface area contributed by atoms with Crippen molar-refractivity contribution in [2.24, 2.45) is 0 Å². The first-order valence-electron chi connectivity index (χ1n) is 9.50. The molecule has 1 N–H and O–H groups in total. The zero-order valence-electron chi connectivity index (χ0n) is 17.1. The molecule has 0 radical (unpaired) electrons. The summed E-state index contributed by atoms with van der Waals surface area (Å²) in [7, 11) is 0. The van der Waals surface area contributed by atoms with Gasteiger partial charge in [0.1, 0.15) is 11.6 Å². The van der Waals surface area contributed by atoms with Crippen molar-refractivity contribution >= 4 is 46.6 Å². The minimum absolute atomic E-state index is 0.0391. The van der Waals surface area contributed by atoms with Gasteiger partial charge in [-0.2, -0.15) is 0 Å². The minimum Gasteiger partial charge on any atom is -0.483 e. The Morgan fingerprint density at radius 3 is 2.55 bits per heavy atom. The van der Waals surface area contributed by atoms with E-state index in [1.165, 1.54) is 23.9 Å². The molecule has 1 amide bonds. The van der Waals surface area contributed by atoms with Crippen molar-refractivity contribution in [3.8, 4) is 5.75 Å². The summed E-state index contributed by atoms with van der Waals surface area (Å²) in [6.45, 7) is 5.83. The number of carbonyl (C=O) groups is 1. The molecule has 0 aliphatic carbocycles. The highest BCUT2D eigenvalue weighted by atomic mass is 35.5. The summed E-state index contributed by atoms with van der Waals surface area (Å²) < 4.78 is 20.9. The Morgan fingerprint density at radius 2 is 1.87 bits per heavy atom. The number of rotatable bonds is 8. The van der Waals surface area contributed by atoms with E-state index in [0.717, 1.165) is 0 Å². The first kappa shape index (κ1) is 23.4. The Labute approximate surface area is 194 Å². The molecule has 0 saturated carbocycles. The second kappa shape index (κ2) is 10.3. The van der Waals surface area contributed by atoms with Crippen LogP contribution in [0.3, 0.4) is 0 Å². The molecule has 10 heteroatoms. The van der Waals surface area contributed by atoms with Crippen molar-refractivity contribution in [1.82, 2.24) is 14.8 Å². The predicted molar refractivity (Wildman–Crippen MR) is 122 cm³/mol. The van der Waals surface area contributed by atoms with Crippen molar-refractivity contribution in [3.05, 3.63) is 64.2 Å². The largest absolute Gasteiger partial charge is 0.483 e. The highest BCUT2D eigenvalue weighted by Crippen LogP contribution is 2.31. The van der Waals surface area contributed by atoms with Crippen LogP contribution in [0.25, 0.3) is 0 Å². The number of ether oxygens (including phenoxy) is 1. The molecular weight excluding hydrogens is 462 g/mol. The summed E-state index contributed by atoms with van der Waals surface area (Å²) in [6, 6.07) is 10.9. The van der Waals surface area contributed by atoms with Crippen molar-refractivity contribution in [2.45, 2.75) is 38.1 Å². The van der Waals surface area contributed by atoms with Crippen molar-refractivity contribution in [1.29, 1.82) is 0 Å². The van der Waals surface area contributed by atoms with Crippen LogP contribution < -0.4 is 10.1 Å². The first-order valence-corrected chi connectivity index (χ1v) is 11.2. The van der Waals surface area contributed by atoms with Gasteiger partial charge in [0, 0.05) is 6.04 Å². The van der Waals surface area contributed by atoms with Gasteiger partial charge in [-0.05, 0) is 57.2 Å². The third kappa shape index (κ3) is 5.90. The molecule has 1 atom stereocenters. The van der Waals surface area contributed by atoms with Gasteiger partial charge < -0.3 is 14.6 Å². The van der Waals surface area contributed by atoms with Crippen molar-refractivity contribution < 1.29 is 13.9 Å². The monoisotopic (exact) mass is 482 g/mol. The van der Waals surface area contributed by atoms with E-state index < -0.39 is 6.10 Å². The van der Waals surface area contributed by atoms with Crippen LogP contribution in [0.2, 0.25) is 10.0 Å². The molecule has 1 heterocycles. The molecule has 3 rings (SSSR count). The molecule has 31 heavy (non-hydrogen) atoms. The third-order valence-corrected chi connectivity index (χ3v) is 6.02. The fourth-order valence-corrected chi connectivity index (χ4v) is 4.06. The predicted octanol–water partition coefficient (Wildman–Crippen LogP) is 6.18. The lowest BCUT2D eigenvalue weighted by atomic mass is 10.3. The zero-order chi connectivity index (χ0) is 22.5. The fraction of sp³-hybridized carbons (Fsp3) is 0.286. The van der Waals surface area contributed by atoms with Crippen LogP contribution in [0.1, 0.15) is 38.7 Å². The van der Waals surface area contributed by atoms with E-state index in [1.54, 1.807) is 30.3 Å². The molecular formula is C21H21Cl2FN4O2S. The number of thioether (sulfide) groups is 1. The van der Waals surface area contributed by atoms with Crippen LogP contribution >= 0.6 is 35.0 Å². The Morgan fingerprint density at radius 1 is 1.16 bits per heavy atom. The lowest BCUT2D eigenvalue weighted by molar-refractivity contribution is -0.113. The fourth-order valence-electron chi connectivity index (χ4n) is 2.84. The van der Waals surface area contributed by atoms with E-state index in [9.17, 15) is 9.18 Å². The molecule has 1 aromatic heterocycles. The van der Waals surface area contributed by atoms with Crippen LogP contribution in [-0.4, -0.2) is 26.4 Å². The highest BCUT2D eigenvalue weighted by molar-refractivity contribution is 7.99. The molecule has 6 nitrogen and oxygen atoms in total. The lowest BCUT2D eigenvalue weighted by Gasteiger charge is -2.18. The molecule has 164 valence electrons. The minimum atomic E-state index is -0.422. The number of halogens is 3. The van der Waals surface area contributed by atoms with E-state index in [-0.39, 0.29) is 23.5 Å². The van der Waals surface area contributed by atoms with Crippen LogP contribution in [-0.2, 0) is 4.79 Å². The Hall–Kier alpha value is -2.29. The Balaban J connectivity index is 1.69. The van der Waals surface area contributed by atoms with E-state index in [4.69, 9.17) is 27.9 Å². The highest BCUT2D eigenvalue weighted by Gasteiger charge is 2.22. The van der Waals surface area contributed by atoms with Gasteiger partial charge in [-0.25, -0.2) is 4.39 Å². The van der Waals surface area contributed by atoms with E-state index in [1.807, 2.05) is 25.3 Å². The van der Waals surface area contributed by atoms with Gasteiger partial charge in [-0.1, -0.05) is 41.0 Å². The number of hydrogen-bond donors (Lipinski definition) is 1. The zero-order valence-corrected chi connectivity index (χ0v) is 19.4. The number of nitrogens with zero attached hydrogens (tertiary/aromatic N) is 3. The van der Waals surface area contributed by atoms with Crippen molar-refractivity contribution in [3.63, 3.8) is 0 Å². The van der Waals surface area contributed by atoms with E-state index in [0.29, 0.717) is 32.5 Å². The number of benzene rings is 2. The molecule has 0 aliphatic heterocycles. The smallest absolute Gasteiger partial charge is 0.234 e. The number of nitrogens with one attached hydrogen (secondary N) is 1. The lowest BCUT2D eigenvalue weighted by Crippen LogP contribution is -2.16. The van der Waals surface area contributed by atoms with E-state index >= 15 is 0 Å². The summed E-state index contributed by atoms with van der Waals surface area (Å²) in [5.74, 6) is 0.672. The maximum Gasteiger partial charge on any atom is 0.234 e. The van der Waals surface area contributed by atoms with Crippen molar-refractivity contribution in [2.75, 3.05) is 11.1 Å². The number of anilines is 1. The second-order valence-electron chi connectivity index (χ2n) is 6.96. The van der Waals surface area contributed by atoms with Crippen LogP contribution in [0.5, 0.6) is 5.75 Å². The normalized spacial score (nSPS) is 12.1. The van der Waals surface area contributed by atoms with Gasteiger partial charge in [0.05, 0.1) is 21.5 Å². The Bertz CT molecular complexity index is 1060. The maximum atomic E-state index is 13.1. The first-order chi connectivity index (χ1) is 14.8. The van der Waals surface area contributed by atoms with Crippen LogP contribution in [0.4, 0.5) is 10.1 Å². The molecule has 1 unspecified atom stereocenters. The van der Waals surface area contributed by atoms with Gasteiger partial charge >= 0.3 is 0 Å². The molecule has 2 aromatic carbocycles. The Kier molecular flexibility index (Phi) is 7.80. The molecule has 3 aromatic rings. The number of hydrogen-bond acceptors (Lipinski definition) is 5. The second-order valence-corrected chi connectivity index (χ2v) is 8.68. The number of aromatic nitrogens is 3. The third-order valence-electron chi connectivity index (χ3n) is 4.26. The average Bonchev–Trinajstić information content (AvgIpc) is 3.16. The topological polar surface area (TPSA) is 69.0 Å². The van der Waals surface area contributed by atoms with Crippen LogP contribution in [0.15, 0.2) is 47.6 Å². The van der Waals surface area contributed by atoms with Gasteiger partial charge in [0.25, 0.3) is 0 Å². The van der Waals surface area contributed by atoms with Gasteiger partial charge in [-0.15, -0.1) is 10.2 Å². The van der Waals surface area contributed by atoms with Crippen LogP contribution in [0, 0.1) is 5.82 Å². The van der Waals surface area contributed by atoms with E-state index in [2.05, 4.69) is 15.5 Å². The molecule has 0 saturated heterocycles. The molecule has 0 bridgehead atoms. The average molecular weight is 483 g/mol. The summed E-state index contributed by atoms with van der Waals surface area (Å²) in [5, 5.41) is 12.5. The quantitative estimate of drug-likeness (QED) is 0.388. The summed E-state index contributed by atoms with van der Waals surface area (Å²) >= 11 is 13.4. The van der Waals surface area contributed by atoms with Gasteiger partial charge in [0.2, 0.25) is 5.91 Å². The summed E-state index contributed by atoms with van der Waals surface area (Å²) in [6.07, 6.45) is -0.422. The molecule has 0 aliphatic rings. The summed E-state index contributed by atoms with van der Waals surface area (Å²) in [5.41, 5.74) is 0.451. The molecule has 0 spiro atoms. The summed E-state index contributed by atoms with van der Waals surface area (Å²) in [4.78, 5) is 12.4. The molecule has 0 fully saturated rings. The van der Waals surface area contributed by atoms with Gasteiger partial charge in [0.15, 0.2) is 17.1 Å². The SMILES string of the molecule is CC(Oc1ccc(F)cc1)c1nnc(SCC(=O)Nc2cccc(Cl)c2Cl)n1C(C)C.